The number of nitrogens with zero attached hydrogens (tertiary/aromatic N) is 7. The Morgan fingerprint density at radius 3 is 2.79 bits per heavy atom. The summed E-state index contributed by atoms with van der Waals surface area (Å²) < 4.78 is 30.9. The molecule has 0 bridgehead atoms. The lowest BCUT2D eigenvalue weighted by Gasteiger charge is -2.27. The summed E-state index contributed by atoms with van der Waals surface area (Å²) >= 11 is 0. The van der Waals surface area contributed by atoms with Crippen molar-refractivity contribution in [3.63, 3.8) is 0 Å². The third-order valence-corrected chi connectivity index (χ3v) is 4.86. The van der Waals surface area contributed by atoms with Crippen LogP contribution in [-0.4, -0.2) is 48.1 Å². The summed E-state index contributed by atoms with van der Waals surface area (Å²) in [6, 6.07) is 5.85. The lowest BCUT2D eigenvalue weighted by atomic mass is 10.1. The minimum absolute atomic E-state index is 0.125. The molecule has 0 unspecified atom stereocenters. The molecule has 11 heteroatoms. The van der Waals surface area contributed by atoms with Crippen molar-refractivity contribution in [2.45, 2.75) is 6.04 Å². The maximum absolute atomic E-state index is 14.3. The molecule has 1 aliphatic rings. The van der Waals surface area contributed by atoms with Gasteiger partial charge in [0, 0.05) is 36.6 Å². The normalized spacial score (nSPS) is 14.1. The van der Waals surface area contributed by atoms with Gasteiger partial charge in [0.1, 0.15) is 11.5 Å². The van der Waals surface area contributed by atoms with Crippen LogP contribution in [-0.2, 0) is 0 Å². The molecule has 0 amide bonds. The highest BCUT2D eigenvalue weighted by Crippen LogP contribution is 2.30. The summed E-state index contributed by atoms with van der Waals surface area (Å²) in [6.07, 6.45) is 5.29. The van der Waals surface area contributed by atoms with Crippen molar-refractivity contribution in [3.05, 3.63) is 54.5 Å². The average molecular weight is 395 g/mol. The van der Waals surface area contributed by atoms with Gasteiger partial charge in [-0.25, -0.2) is 13.8 Å². The van der Waals surface area contributed by atoms with Crippen molar-refractivity contribution in [1.29, 1.82) is 0 Å². The van der Waals surface area contributed by atoms with Crippen molar-refractivity contribution < 1.29 is 8.78 Å². The van der Waals surface area contributed by atoms with Gasteiger partial charge in [-0.15, -0.1) is 5.10 Å². The third kappa shape index (κ3) is 2.91. The second-order valence-electron chi connectivity index (χ2n) is 6.67. The third-order valence-electron chi connectivity index (χ3n) is 4.86. The van der Waals surface area contributed by atoms with E-state index in [0.29, 0.717) is 11.6 Å². The molecule has 1 aliphatic heterocycles. The molecule has 1 fully saturated rings. The average Bonchev–Trinajstić information content (AvgIpc) is 3.33. The number of benzene rings is 1. The fourth-order valence-corrected chi connectivity index (χ4v) is 3.13. The second-order valence-corrected chi connectivity index (χ2v) is 6.67. The first-order valence-electron chi connectivity index (χ1n) is 8.85. The Kier molecular flexibility index (Phi) is 4.02. The van der Waals surface area contributed by atoms with Gasteiger partial charge >= 0.3 is 0 Å². The number of pyridine rings is 1. The van der Waals surface area contributed by atoms with Gasteiger partial charge in [0.05, 0.1) is 17.8 Å². The fraction of sp³-hybridized carbons (Fsp3) is 0.167. The zero-order chi connectivity index (χ0) is 20.0. The van der Waals surface area contributed by atoms with E-state index in [2.05, 4.69) is 30.9 Å². The highest BCUT2D eigenvalue weighted by molar-refractivity contribution is 5.76. The fourth-order valence-electron chi connectivity index (χ4n) is 3.13. The molecular weight excluding hydrogens is 380 g/mol. The Bertz CT molecular complexity index is 1200. The highest BCUT2D eigenvalue weighted by Gasteiger charge is 2.21. The Balaban J connectivity index is 1.58. The van der Waals surface area contributed by atoms with E-state index >= 15 is 0 Å². The van der Waals surface area contributed by atoms with Crippen LogP contribution in [0.4, 0.5) is 14.6 Å². The van der Waals surface area contributed by atoms with Gasteiger partial charge in [-0.1, -0.05) is 6.07 Å². The van der Waals surface area contributed by atoms with Crippen LogP contribution < -0.4 is 11.1 Å². The Morgan fingerprint density at radius 1 is 1.14 bits per heavy atom. The van der Waals surface area contributed by atoms with Gasteiger partial charge in [0.25, 0.3) is 0 Å². The topological polar surface area (TPSA) is 112 Å². The molecular formula is C18H15F2N9. The van der Waals surface area contributed by atoms with Crippen molar-refractivity contribution in [3.8, 4) is 28.2 Å². The molecule has 1 aromatic carbocycles. The quantitative estimate of drug-likeness (QED) is 0.540. The first-order chi connectivity index (χ1) is 14.1. The maximum atomic E-state index is 14.3. The van der Waals surface area contributed by atoms with Crippen LogP contribution in [0.25, 0.3) is 28.2 Å². The molecule has 9 nitrogen and oxygen atoms in total. The summed E-state index contributed by atoms with van der Waals surface area (Å²) in [5.74, 6) is -1.74. The molecule has 0 saturated carbocycles. The van der Waals surface area contributed by atoms with Crippen molar-refractivity contribution in [1.82, 2.24) is 40.3 Å². The zero-order valence-electron chi connectivity index (χ0n) is 15.0. The summed E-state index contributed by atoms with van der Waals surface area (Å²) in [7, 11) is 0. The first kappa shape index (κ1) is 17.4. The van der Waals surface area contributed by atoms with Gasteiger partial charge in [0.15, 0.2) is 17.5 Å². The van der Waals surface area contributed by atoms with Crippen molar-refractivity contribution in [2.75, 3.05) is 18.8 Å². The SMILES string of the molecule is Nc1ncc(-c2cnn(C3CNC3)c2)cc1-c1nnnn1-c1cccc(F)c1F. The number of nitrogen functional groups attached to an aromatic ring is 1. The highest BCUT2D eigenvalue weighted by atomic mass is 19.2. The minimum atomic E-state index is -1.06. The van der Waals surface area contributed by atoms with Crippen LogP contribution in [0.2, 0.25) is 0 Å². The molecule has 146 valence electrons. The van der Waals surface area contributed by atoms with Crippen molar-refractivity contribution in [2.24, 2.45) is 0 Å². The Morgan fingerprint density at radius 2 is 2.00 bits per heavy atom. The first-order valence-corrected chi connectivity index (χ1v) is 8.85. The lowest BCUT2D eigenvalue weighted by Crippen LogP contribution is -2.43. The number of nitrogens with one attached hydrogen (secondary N) is 1. The van der Waals surface area contributed by atoms with E-state index in [9.17, 15) is 8.78 Å². The molecule has 5 rings (SSSR count). The molecule has 0 aliphatic carbocycles. The van der Waals surface area contributed by atoms with E-state index in [0.717, 1.165) is 35.0 Å². The van der Waals surface area contributed by atoms with E-state index in [1.165, 1.54) is 12.1 Å². The van der Waals surface area contributed by atoms with Crippen LogP contribution in [0, 0.1) is 11.6 Å². The number of aromatic nitrogens is 7. The second kappa shape index (κ2) is 6.71. The minimum Gasteiger partial charge on any atom is -0.383 e. The smallest absolute Gasteiger partial charge is 0.190 e. The van der Waals surface area contributed by atoms with Crippen LogP contribution in [0.3, 0.4) is 0 Å². The number of tetrazole rings is 1. The van der Waals surface area contributed by atoms with Crippen LogP contribution in [0.1, 0.15) is 6.04 Å². The molecule has 3 aromatic heterocycles. The van der Waals surface area contributed by atoms with Crippen LogP contribution >= 0.6 is 0 Å². The van der Waals surface area contributed by atoms with Crippen LogP contribution in [0.15, 0.2) is 42.9 Å². The number of anilines is 1. The molecule has 4 aromatic rings. The van der Waals surface area contributed by atoms with Gasteiger partial charge < -0.3 is 11.1 Å². The van der Waals surface area contributed by atoms with Gasteiger partial charge in [-0.05, 0) is 28.6 Å². The molecule has 4 heterocycles. The predicted octanol–water partition coefficient (Wildman–Crippen LogP) is 1.59. The molecule has 1 saturated heterocycles. The maximum Gasteiger partial charge on any atom is 0.190 e. The lowest BCUT2D eigenvalue weighted by molar-refractivity contribution is 0.318. The number of rotatable bonds is 4. The predicted molar refractivity (Wildman–Crippen MR) is 99.8 cm³/mol. The largest absolute Gasteiger partial charge is 0.383 e. The Labute approximate surface area is 163 Å². The Hall–Kier alpha value is -3.73. The number of hydrogen-bond donors (Lipinski definition) is 2. The molecule has 29 heavy (non-hydrogen) atoms. The van der Waals surface area contributed by atoms with E-state index in [1.54, 1.807) is 18.5 Å². The summed E-state index contributed by atoms with van der Waals surface area (Å²) in [5.41, 5.74) is 7.91. The van der Waals surface area contributed by atoms with Crippen molar-refractivity contribution >= 4 is 5.82 Å². The van der Waals surface area contributed by atoms with Crippen LogP contribution in [0.5, 0.6) is 0 Å². The van der Waals surface area contributed by atoms with E-state index in [1.807, 2.05) is 10.9 Å². The standard InChI is InChI=1S/C18H15F2N9/c19-14-2-1-3-15(16(14)20)29-18(25-26-27-29)13-4-10(5-23-17(13)21)11-6-24-28(9-11)12-7-22-8-12/h1-6,9,12,22H,7-8H2,(H2,21,23). The van der Waals surface area contributed by atoms with E-state index in [4.69, 9.17) is 5.73 Å². The molecule has 0 spiro atoms. The van der Waals surface area contributed by atoms with E-state index < -0.39 is 11.6 Å². The van der Waals surface area contributed by atoms with Gasteiger partial charge in [-0.3, -0.25) is 4.68 Å². The molecule has 0 atom stereocenters. The zero-order valence-corrected chi connectivity index (χ0v) is 15.0. The van der Waals surface area contributed by atoms with E-state index in [-0.39, 0.29) is 17.3 Å². The monoisotopic (exact) mass is 395 g/mol. The molecule has 3 N–H and O–H groups in total. The number of hydrogen-bond acceptors (Lipinski definition) is 7. The summed E-state index contributed by atoms with van der Waals surface area (Å²) in [6.45, 7) is 1.75. The van der Waals surface area contributed by atoms with Gasteiger partial charge in [0.2, 0.25) is 0 Å². The van der Waals surface area contributed by atoms with Gasteiger partial charge in [-0.2, -0.15) is 9.78 Å². The number of halogens is 2. The summed E-state index contributed by atoms with van der Waals surface area (Å²) in [4.78, 5) is 4.23. The summed E-state index contributed by atoms with van der Waals surface area (Å²) in [5, 5.41) is 18.9. The number of nitrogens with two attached hydrogens (primary N) is 1. The molecule has 0 radical (unpaired) electrons.